The molecule has 15 heavy (non-hydrogen) atoms. The molecule has 0 aromatic heterocycles. The Hall–Kier alpha value is -0.0800. The number of hydrogen-bond donors (Lipinski definition) is 1. The third-order valence-corrected chi connectivity index (χ3v) is 4.29. The first kappa shape index (κ1) is 11.4. The highest BCUT2D eigenvalue weighted by Gasteiger charge is 2.32. The number of aliphatic hydroxyl groups excluding tert-OH is 1. The van der Waals surface area contributed by atoms with Crippen LogP contribution in [-0.2, 0) is 0 Å². The second-order valence-corrected chi connectivity index (χ2v) is 5.83. The molecule has 2 unspecified atom stereocenters. The summed E-state index contributed by atoms with van der Waals surface area (Å²) in [5, 5.41) is 9.89. The van der Waals surface area contributed by atoms with Crippen molar-refractivity contribution in [2.75, 3.05) is 19.6 Å². The quantitative estimate of drug-likeness (QED) is 0.773. The molecule has 2 aliphatic rings. The van der Waals surface area contributed by atoms with Crippen LogP contribution in [0.25, 0.3) is 0 Å². The first-order valence-corrected chi connectivity index (χ1v) is 6.57. The van der Waals surface area contributed by atoms with Gasteiger partial charge in [0.25, 0.3) is 0 Å². The Morgan fingerprint density at radius 1 is 1.20 bits per heavy atom. The minimum atomic E-state index is -0.0168. The van der Waals surface area contributed by atoms with Gasteiger partial charge in [-0.15, -0.1) is 0 Å². The first-order chi connectivity index (χ1) is 7.16. The Bertz CT molecular complexity index is 199. The van der Waals surface area contributed by atoms with Gasteiger partial charge in [0.1, 0.15) is 0 Å². The zero-order valence-electron chi connectivity index (χ0n) is 10.2. The summed E-state index contributed by atoms with van der Waals surface area (Å²) in [5.41, 5.74) is 0. The molecule has 2 fully saturated rings. The van der Waals surface area contributed by atoms with Crippen LogP contribution in [0.1, 0.15) is 39.5 Å². The highest BCUT2D eigenvalue weighted by Crippen LogP contribution is 2.29. The monoisotopic (exact) mass is 211 g/mol. The van der Waals surface area contributed by atoms with Gasteiger partial charge in [0.15, 0.2) is 0 Å². The smallest absolute Gasteiger partial charge is 0.0580 e. The maximum absolute atomic E-state index is 9.89. The van der Waals surface area contributed by atoms with E-state index in [4.69, 9.17) is 0 Å². The fourth-order valence-electron chi connectivity index (χ4n) is 2.91. The largest absolute Gasteiger partial charge is 0.393 e. The maximum atomic E-state index is 9.89. The molecule has 2 atom stereocenters. The normalized spacial score (nSPS) is 34.4. The predicted octanol–water partition coefficient (Wildman–Crippen LogP) is 2.13. The Morgan fingerprint density at radius 2 is 1.87 bits per heavy atom. The van der Waals surface area contributed by atoms with E-state index >= 15 is 0 Å². The van der Waals surface area contributed by atoms with Gasteiger partial charge in [-0.2, -0.15) is 0 Å². The standard InChI is InChI=1S/C13H25NO/c1-10(2)12-8-14(9-12)7-11-5-3-4-6-13(11)15/h10-13,15H,3-9H2,1-2H3. The SMILES string of the molecule is CC(C)C1CN(CC2CCCCC2O)C1. The van der Waals surface area contributed by atoms with Crippen LogP contribution in [0.4, 0.5) is 0 Å². The molecule has 0 spiro atoms. The van der Waals surface area contributed by atoms with Crippen molar-refractivity contribution in [3.05, 3.63) is 0 Å². The Kier molecular flexibility index (Phi) is 3.68. The van der Waals surface area contributed by atoms with Gasteiger partial charge in [-0.25, -0.2) is 0 Å². The van der Waals surface area contributed by atoms with E-state index < -0.39 is 0 Å². The van der Waals surface area contributed by atoms with Gasteiger partial charge in [-0.1, -0.05) is 26.7 Å². The van der Waals surface area contributed by atoms with Crippen molar-refractivity contribution >= 4 is 0 Å². The zero-order chi connectivity index (χ0) is 10.8. The number of likely N-dealkylation sites (tertiary alicyclic amines) is 1. The molecule has 1 aliphatic heterocycles. The molecule has 1 heterocycles. The van der Waals surface area contributed by atoms with Crippen molar-refractivity contribution in [1.82, 2.24) is 4.90 Å². The van der Waals surface area contributed by atoms with Crippen LogP contribution in [0.5, 0.6) is 0 Å². The van der Waals surface area contributed by atoms with Crippen molar-refractivity contribution in [2.24, 2.45) is 17.8 Å². The fourth-order valence-corrected chi connectivity index (χ4v) is 2.91. The lowest BCUT2D eigenvalue weighted by atomic mass is 9.83. The molecule has 2 nitrogen and oxygen atoms in total. The third-order valence-electron chi connectivity index (χ3n) is 4.29. The van der Waals surface area contributed by atoms with Gasteiger partial charge in [0, 0.05) is 19.6 Å². The van der Waals surface area contributed by atoms with Gasteiger partial charge in [-0.3, -0.25) is 0 Å². The van der Waals surface area contributed by atoms with Gasteiger partial charge < -0.3 is 10.0 Å². The summed E-state index contributed by atoms with van der Waals surface area (Å²) in [6.45, 7) is 8.31. The topological polar surface area (TPSA) is 23.5 Å². The Labute approximate surface area is 93.7 Å². The van der Waals surface area contributed by atoms with E-state index in [1.165, 1.54) is 32.4 Å². The van der Waals surface area contributed by atoms with Gasteiger partial charge in [0.2, 0.25) is 0 Å². The van der Waals surface area contributed by atoms with Crippen LogP contribution in [0.15, 0.2) is 0 Å². The van der Waals surface area contributed by atoms with E-state index in [1.54, 1.807) is 0 Å². The highest BCUT2D eigenvalue weighted by atomic mass is 16.3. The molecule has 1 N–H and O–H groups in total. The van der Waals surface area contributed by atoms with Crippen molar-refractivity contribution < 1.29 is 5.11 Å². The van der Waals surface area contributed by atoms with Crippen molar-refractivity contribution in [2.45, 2.75) is 45.6 Å². The summed E-state index contributed by atoms with van der Waals surface area (Å²) in [4.78, 5) is 2.53. The lowest BCUT2D eigenvalue weighted by Crippen LogP contribution is -2.52. The second kappa shape index (κ2) is 4.84. The molecule has 1 saturated heterocycles. The summed E-state index contributed by atoms with van der Waals surface area (Å²) in [7, 11) is 0. The molecular formula is C13H25NO. The molecule has 2 rings (SSSR count). The van der Waals surface area contributed by atoms with Crippen LogP contribution in [0, 0.1) is 17.8 Å². The molecule has 0 radical (unpaired) electrons. The average molecular weight is 211 g/mol. The molecule has 1 aliphatic carbocycles. The highest BCUT2D eigenvalue weighted by molar-refractivity contribution is 4.85. The van der Waals surface area contributed by atoms with Crippen molar-refractivity contribution in [1.29, 1.82) is 0 Å². The molecule has 0 amide bonds. The van der Waals surface area contributed by atoms with Crippen LogP contribution in [-0.4, -0.2) is 35.7 Å². The summed E-state index contributed by atoms with van der Waals surface area (Å²) in [6, 6.07) is 0. The Balaban J connectivity index is 1.70. The van der Waals surface area contributed by atoms with Crippen LogP contribution < -0.4 is 0 Å². The van der Waals surface area contributed by atoms with Crippen molar-refractivity contribution in [3.63, 3.8) is 0 Å². The maximum Gasteiger partial charge on any atom is 0.0580 e. The molecule has 1 saturated carbocycles. The number of aliphatic hydroxyl groups is 1. The van der Waals surface area contributed by atoms with Gasteiger partial charge >= 0.3 is 0 Å². The fraction of sp³-hybridized carbons (Fsp3) is 1.00. The minimum absolute atomic E-state index is 0.0168. The van der Waals surface area contributed by atoms with Crippen LogP contribution in [0.2, 0.25) is 0 Å². The lowest BCUT2D eigenvalue weighted by Gasteiger charge is -2.44. The van der Waals surface area contributed by atoms with Gasteiger partial charge in [0.05, 0.1) is 6.10 Å². The minimum Gasteiger partial charge on any atom is -0.393 e. The van der Waals surface area contributed by atoms with Crippen LogP contribution in [0.3, 0.4) is 0 Å². The van der Waals surface area contributed by atoms with Gasteiger partial charge in [-0.05, 0) is 30.6 Å². The summed E-state index contributed by atoms with van der Waals surface area (Å²) in [6.07, 6.45) is 4.81. The molecular weight excluding hydrogens is 186 g/mol. The number of rotatable bonds is 3. The van der Waals surface area contributed by atoms with E-state index in [0.717, 1.165) is 24.8 Å². The predicted molar refractivity (Wildman–Crippen MR) is 62.7 cm³/mol. The first-order valence-electron chi connectivity index (χ1n) is 6.57. The van der Waals surface area contributed by atoms with E-state index in [0.29, 0.717) is 5.92 Å². The summed E-state index contributed by atoms with van der Waals surface area (Å²) >= 11 is 0. The molecule has 0 aromatic rings. The van der Waals surface area contributed by atoms with E-state index in [2.05, 4.69) is 18.7 Å². The molecule has 88 valence electrons. The Morgan fingerprint density at radius 3 is 2.47 bits per heavy atom. The number of nitrogens with zero attached hydrogens (tertiary/aromatic N) is 1. The molecule has 0 bridgehead atoms. The molecule has 2 heteroatoms. The van der Waals surface area contributed by atoms with Crippen LogP contribution >= 0.6 is 0 Å². The molecule has 0 aromatic carbocycles. The van der Waals surface area contributed by atoms with E-state index in [9.17, 15) is 5.11 Å². The third kappa shape index (κ3) is 2.73. The second-order valence-electron chi connectivity index (χ2n) is 5.83. The average Bonchev–Trinajstić information content (AvgIpc) is 2.12. The summed E-state index contributed by atoms with van der Waals surface area (Å²) < 4.78 is 0. The lowest BCUT2D eigenvalue weighted by molar-refractivity contribution is 0.00164. The summed E-state index contributed by atoms with van der Waals surface area (Å²) in [5.74, 6) is 2.30. The zero-order valence-corrected chi connectivity index (χ0v) is 10.2. The van der Waals surface area contributed by atoms with Crippen molar-refractivity contribution in [3.8, 4) is 0 Å². The number of hydrogen-bond acceptors (Lipinski definition) is 2. The van der Waals surface area contributed by atoms with E-state index in [1.807, 2.05) is 0 Å². The van der Waals surface area contributed by atoms with E-state index in [-0.39, 0.29) is 6.10 Å².